The van der Waals surface area contributed by atoms with Crippen LogP contribution in [0.2, 0.25) is 0 Å². The van der Waals surface area contributed by atoms with Crippen molar-refractivity contribution in [3.05, 3.63) is 59.8 Å². The molecular weight excluding hydrogens is 408 g/mol. The van der Waals surface area contributed by atoms with Gasteiger partial charge in [0.05, 0.1) is 18.9 Å². The molecule has 1 N–H and O–H groups in total. The van der Waals surface area contributed by atoms with Gasteiger partial charge in [0.1, 0.15) is 23.0 Å². The first kappa shape index (κ1) is 20.4. The third-order valence-corrected chi connectivity index (χ3v) is 5.22. The lowest BCUT2D eigenvalue weighted by Gasteiger charge is -2.19. The van der Waals surface area contributed by atoms with Gasteiger partial charge in [-0.2, -0.15) is 11.8 Å². The van der Waals surface area contributed by atoms with Crippen LogP contribution >= 0.6 is 11.8 Å². The van der Waals surface area contributed by atoms with Gasteiger partial charge in [-0.15, -0.1) is 0 Å². The third-order valence-electron chi connectivity index (χ3n) is 4.60. The predicted molar refractivity (Wildman–Crippen MR) is 115 cm³/mol. The molecule has 1 aliphatic rings. The Bertz CT molecular complexity index is 1060. The maximum absolute atomic E-state index is 14.6. The normalized spacial score (nSPS) is 15.8. The molecule has 1 aromatic heterocycles. The van der Waals surface area contributed by atoms with Crippen LogP contribution in [0, 0.1) is 11.6 Å². The Morgan fingerprint density at radius 3 is 2.90 bits per heavy atom. The van der Waals surface area contributed by atoms with Crippen molar-refractivity contribution in [1.82, 2.24) is 9.97 Å². The molecule has 156 valence electrons. The van der Waals surface area contributed by atoms with Gasteiger partial charge in [-0.05, 0) is 43.0 Å². The van der Waals surface area contributed by atoms with E-state index in [1.165, 1.54) is 18.2 Å². The number of hydrogen-bond acceptors (Lipinski definition) is 6. The molecule has 0 unspecified atom stereocenters. The highest BCUT2D eigenvalue weighted by Crippen LogP contribution is 2.33. The van der Waals surface area contributed by atoms with Crippen LogP contribution in [0.4, 0.5) is 20.4 Å². The minimum absolute atomic E-state index is 0.0457. The number of nitrogens with zero attached hydrogens (tertiary/aromatic N) is 2. The second-order valence-corrected chi connectivity index (χ2v) is 7.89. The molecule has 4 rings (SSSR count). The van der Waals surface area contributed by atoms with Gasteiger partial charge in [0.15, 0.2) is 5.82 Å². The smallest absolute Gasteiger partial charge is 0.227 e. The molecule has 4 bridgehead atoms. The molecule has 5 nitrogen and oxygen atoms in total. The minimum atomic E-state index is -0.613. The first-order valence-electron chi connectivity index (χ1n) is 9.53. The van der Waals surface area contributed by atoms with Crippen LogP contribution in [0.15, 0.2) is 42.6 Å². The van der Waals surface area contributed by atoms with E-state index >= 15 is 0 Å². The van der Waals surface area contributed by atoms with E-state index in [4.69, 9.17) is 9.47 Å². The summed E-state index contributed by atoms with van der Waals surface area (Å²) in [7, 11) is 0. The van der Waals surface area contributed by atoms with E-state index in [2.05, 4.69) is 15.3 Å². The molecular formula is C22H21F2N3O2S. The SMILES string of the molecule is CSCc1cc2cc(c1)O[C@@H](C)CCOc1cc(F)ccc1-c1nc(ncc1F)N2. The maximum atomic E-state index is 14.6. The summed E-state index contributed by atoms with van der Waals surface area (Å²) in [6, 6.07) is 9.79. The van der Waals surface area contributed by atoms with Crippen LogP contribution < -0.4 is 14.8 Å². The highest BCUT2D eigenvalue weighted by atomic mass is 32.2. The van der Waals surface area contributed by atoms with Gasteiger partial charge in [0.25, 0.3) is 0 Å². The Morgan fingerprint density at radius 1 is 1.20 bits per heavy atom. The summed E-state index contributed by atoms with van der Waals surface area (Å²) in [6.45, 7) is 2.23. The fraction of sp³-hybridized carbons (Fsp3) is 0.273. The largest absolute Gasteiger partial charge is 0.493 e. The zero-order valence-corrected chi connectivity index (χ0v) is 17.4. The van der Waals surface area contributed by atoms with E-state index in [1.807, 2.05) is 31.4 Å². The standard InChI is InChI=1S/C22H21F2N3O2S/c1-13-5-6-28-20-9-15(23)3-4-18(20)21-19(24)11-25-22(27-21)26-16-7-14(12-30-2)8-17(10-16)29-13/h3-4,7-11,13H,5-6,12H2,1-2H3,(H,25,26,27)/t13-/m0/s1. The second kappa shape index (κ2) is 8.87. The second-order valence-electron chi connectivity index (χ2n) is 7.02. The summed E-state index contributed by atoms with van der Waals surface area (Å²) in [5.41, 5.74) is 2.24. The van der Waals surface area contributed by atoms with Gasteiger partial charge in [-0.25, -0.2) is 18.7 Å². The number of benzene rings is 2. The Balaban J connectivity index is 1.82. The van der Waals surface area contributed by atoms with E-state index in [0.29, 0.717) is 17.7 Å². The molecule has 2 heterocycles. The molecule has 0 radical (unpaired) electrons. The van der Waals surface area contributed by atoms with Crippen molar-refractivity contribution in [1.29, 1.82) is 0 Å². The number of anilines is 2. The number of thioether (sulfide) groups is 1. The number of hydrogen-bond donors (Lipinski definition) is 1. The van der Waals surface area contributed by atoms with Gasteiger partial charge < -0.3 is 14.8 Å². The van der Waals surface area contributed by atoms with Crippen LogP contribution in [0.25, 0.3) is 11.3 Å². The average Bonchev–Trinajstić information content (AvgIpc) is 2.69. The molecule has 0 amide bonds. The lowest BCUT2D eigenvalue weighted by atomic mass is 10.1. The molecule has 0 saturated heterocycles. The molecule has 1 atom stereocenters. The monoisotopic (exact) mass is 429 g/mol. The van der Waals surface area contributed by atoms with Crippen molar-refractivity contribution in [2.24, 2.45) is 0 Å². The number of halogens is 2. The van der Waals surface area contributed by atoms with E-state index in [0.717, 1.165) is 23.2 Å². The Morgan fingerprint density at radius 2 is 2.07 bits per heavy atom. The summed E-state index contributed by atoms with van der Waals surface area (Å²) >= 11 is 1.70. The van der Waals surface area contributed by atoms with Gasteiger partial charge >= 0.3 is 0 Å². The molecule has 1 aliphatic heterocycles. The van der Waals surface area contributed by atoms with Crippen LogP contribution in [0.1, 0.15) is 18.9 Å². The van der Waals surface area contributed by atoms with Gasteiger partial charge in [-0.1, -0.05) is 0 Å². The maximum Gasteiger partial charge on any atom is 0.227 e. The fourth-order valence-corrected chi connectivity index (χ4v) is 3.73. The zero-order chi connectivity index (χ0) is 21.1. The number of ether oxygens (including phenoxy) is 2. The Kier molecular flexibility index (Phi) is 6.03. The lowest BCUT2D eigenvalue weighted by Crippen LogP contribution is -2.16. The van der Waals surface area contributed by atoms with Crippen LogP contribution in [-0.2, 0) is 5.75 Å². The zero-order valence-electron chi connectivity index (χ0n) is 16.6. The minimum Gasteiger partial charge on any atom is -0.493 e. The highest BCUT2D eigenvalue weighted by molar-refractivity contribution is 7.97. The summed E-state index contributed by atoms with van der Waals surface area (Å²) < 4.78 is 40.2. The lowest BCUT2D eigenvalue weighted by molar-refractivity contribution is 0.177. The Hall–Kier alpha value is -2.87. The topological polar surface area (TPSA) is 56.3 Å². The van der Waals surface area contributed by atoms with Crippen molar-refractivity contribution in [3.8, 4) is 22.8 Å². The first-order chi connectivity index (χ1) is 14.5. The molecule has 3 aromatic rings. The van der Waals surface area contributed by atoms with Crippen molar-refractivity contribution >= 4 is 23.4 Å². The number of nitrogens with one attached hydrogen (secondary N) is 1. The number of rotatable bonds is 2. The van der Waals surface area contributed by atoms with Crippen LogP contribution in [0.3, 0.4) is 0 Å². The summed E-state index contributed by atoms with van der Waals surface area (Å²) in [5.74, 6) is 0.892. The van der Waals surface area contributed by atoms with E-state index in [-0.39, 0.29) is 30.1 Å². The van der Waals surface area contributed by atoms with Gasteiger partial charge in [-0.3, -0.25) is 0 Å². The van der Waals surface area contributed by atoms with Crippen LogP contribution in [0.5, 0.6) is 11.5 Å². The first-order valence-corrected chi connectivity index (χ1v) is 10.9. The van der Waals surface area contributed by atoms with Crippen molar-refractivity contribution < 1.29 is 18.3 Å². The van der Waals surface area contributed by atoms with Crippen LogP contribution in [-0.4, -0.2) is 28.9 Å². The van der Waals surface area contributed by atoms with E-state index < -0.39 is 11.6 Å². The highest BCUT2D eigenvalue weighted by Gasteiger charge is 2.17. The quantitative estimate of drug-likeness (QED) is 0.574. The molecule has 8 heteroatoms. The van der Waals surface area contributed by atoms with E-state index in [9.17, 15) is 8.78 Å². The molecule has 2 aromatic carbocycles. The molecule has 30 heavy (non-hydrogen) atoms. The average molecular weight is 429 g/mol. The predicted octanol–water partition coefficient (Wildman–Crippen LogP) is 5.58. The molecule has 0 fully saturated rings. The number of fused-ring (bicyclic) bond motifs is 6. The van der Waals surface area contributed by atoms with Gasteiger partial charge in [0.2, 0.25) is 5.95 Å². The fourth-order valence-electron chi connectivity index (χ4n) is 3.23. The Labute approximate surface area is 177 Å². The summed E-state index contributed by atoms with van der Waals surface area (Å²) in [4.78, 5) is 8.38. The summed E-state index contributed by atoms with van der Waals surface area (Å²) in [5, 5.41) is 3.13. The van der Waals surface area contributed by atoms with Gasteiger partial charge in [0, 0.05) is 35.6 Å². The number of aromatic nitrogens is 2. The molecule has 0 aliphatic carbocycles. The van der Waals surface area contributed by atoms with E-state index in [1.54, 1.807) is 11.8 Å². The van der Waals surface area contributed by atoms with Crippen molar-refractivity contribution in [3.63, 3.8) is 0 Å². The molecule has 0 saturated carbocycles. The van der Waals surface area contributed by atoms with Crippen molar-refractivity contribution in [2.75, 3.05) is 18.2 Å². The third kappa shape index (κ3) is 4.64. The van der Waals surface area contributed by atoms with Crippen molar-refractivity contribution in [2.45, 2.75) is 25.2 Å². The summed E-state index contributed by atoms with van der Waals surface area (Å²) in [6.07, 6.45) is 3.56. The molecule has 0 spiro atoms.